The fourth-order valence-electron chi connectivity index (χ4n) is 2.13. The number of piperazine rings is 1. The van der Waals surface area contributed by atoms with Gasteiger partial charge in [-0.25, -0.2) is 8.42 Å². The Labute approximate surface area is 131 Å². The number of carbonyl (C=O) groups excluding carboxylic acids is 1. The van der Waals surface area contributed by atoms with Crippen LogP contribution in [0.5, 0.6) is 5.75 Å². The van der Waals surface area contributed by atoms with E-state index >= 15 is 0 Å². The maximum atomic E-state index is 12.8. The molecule has 1 aliphatic heterocycles. The van der Waals surface area contributed by atoms with Gasteiger partial charge in [-0.05, 0) is 35.0 Å². The Bertz CT molecular complexity index is 677. The molecule has 1 aromatic rings. The van der Waals surface area contributed by atoms with Crippen molar-refractivity contribution >= 4 is 37.5 Å². The molecule has 3 N–H and O–H groups in total. The Morgan fingerprint density at radius 2 is 2.14 bits per heavy atom. The molecule has 0 saturated carbocycles. The normalized spacial score (nSPS) is 20.1. The smallest absolute Gasteiger partial charge is 0.247 e. The molecule has 0 aliphatic carbocycles. The highest BCUT2D eigenvalue weighted by molar-refractivity contribution is 9.10. The molecule has 0 spiro atoms. The maximum absolute atomic E-state index is 12.8. The summed E-state index contributed by atoms with van der Waals surface area (Å²) in [5.74, 6) is -0.150. The Hall–Kier alpha value is -1.32. The molecule has 21 heavy (non-hydrogen) atoms. The molecule has 0 aromatic heterocycles. The lowest BCUT2D eigenvalue weighted by atomic mass is 10.2. The number of benzene rings is 1. The second-order valence-corrected chi connectivity index (χ2v) is 7.32. The summed E-state index contributed by atoms with van der Waals surface area (Å²) in [6.45, 7) is 2.02. The molecule has 1 fully saturated rings. The molecule has 1 heterocycles. The first-order chi connectivity index (χ1) is 9.78. The number of hydrogen-bond donors (Lipinski definition) is 2. The Balaban J connectivity index is 2.53. The molecule has 7 nitrogen and oxygen atoms in total. The van der Waals surface area contributed by atoms with Gasteiger partial charge in [-0.15, -0.1) is 0 Å². The molecule has 1 saturated heterocycles. The first kappa shape index (κ1) is 16.1. The number of carbonyl (C=O) groups is 1. The average molecular weight is 378 g/mol. The number of hydrogen-bond acceptors (Lipinski definition) is 5. The highest BCUT2D eigenvalue weighted by Crippen LogP contribution is 2.34. The Morgan fingerprint density at radius 1 is 1.48 bits per heavy atom. The van der Waals surface area contributed by atoms with Crippen LogP contribution in [-0.2, 0) is 14.8 Å². The first-order valence-corrected chi connectivity index (χ1v) is 8.45. The summed E-state index contributed by atoms with van der Waals surface area (Å²) in [5.41, 5.74) is 6.05. The average Bonchev–Trinajstić information content (AvgIpc) is 2.44. The van der Waals surface area contributed by atoms with Crippen LogP contribution in [0.3, 0.4) is 0 Å². The number of nitrogen functional groups attached to an aromatic ring is 1. The topological polar surface area (TPSA) is 102 Å². The van der Waals surface area contributed by atoms with Crippen molar-refractivity contribution in [2.24, 2.45) is 0 Å². The number of sulfonamides is 1. The van der Waals surface area contributed by atoms with Gasteiger partial charge in [0.25, 0.3) is 0 Å². The standard InChI is InChI=1S/C12H16BrN3O4S/c1-7-12(17)15-3-4-16(7)21(18,19)11-6-9(14)8(13)5-10(11)20-2/h5-7H,3-4,14H2,1-2H3,(H,15,17). The SMILES string of the molecule is COc1cc(Br)c(N)cc1S(=O)(=O)N1CCNC(=O)C1C. The number of nitrogens with two attached hydrogens (primary N) is 1. The first-order valence-electron chi connectivity index (χ1n) is 6.21. The van der Waals surface area contributed by atoms with Crippen LogP contribution >= 0.6 is 15.9 Å². The second kappa shape index (κ2) is 5.82. The van der Waals surface area contributed by atoms with Crippen LogP contribution in [0.4, 0.5) is 5.69 Å². The highest BCUT2D eigenvalue weighted by atomic mass is 79.9. The lowest BCUT2D eigenvalue weighted by Gasteiger charge is -2.32. The molecule has 1 aromatic carbocycles. The van der Waals surface area contributed by atoms with E-state index in [-0.39, 0.29) is 35.3 Å². The minimum atomic E-state index is -3.88. The predicted molar refractivity (Wildman–Crippen MR) is 81.5 cm³/mol. The van der Waals surface area contributed by atoms with Crippen LogP contribution in [0.1, 0.15) is 6.92 Å². The van der Waals surface area contributed by atoms with E-state index in [4.69, 9.17) is 10.5 Å². The van der Waals surface area contributed by atoms with E-state index in [9.17, 15) is 13.2 Å². The molecule has 1 atom stereocenters. The minimum Gasteiger partial charge on any atom is -0.495 e. The third-order valence-corrected chi connectivity index (χ3v) is 5.99. The fraction of sp³-hybridized carbons (Fsp3) is 0.417. The third-order valence-electron chi connectivity index (χ3n) is 3.31. The quantitative estimate of drug-likeness (QED) is 0.748. The molecule has 2 rings (SSSR count). The number of nitrogens with one attached hydrogen (secondary N) is 1. The van der Waals surface area contributed by atoms with Crippen molar-refractivity contribution in [2.75, 3.05) is 25.9 Å². The van der Waals surface area contributed by atoms with E-state index in [1.807, 2.05) is 0 Å². The van der Waals surface area contributed by atoms with Crippen LogP contribution in [0, 0.1) is 0 Å². The highest BCUT2D eigenvalue weighted by Gasteiger charge is 2.37. The van der Waals surface area contributed by atoms with Gasteiger partial charge >= 0.3 is 0 Å². The molecule has 1 aliphatic rings. The van der Waals surface area contributed by atoms with Gasteiger partial charge in [0.1, 0.15) is 16.7 Å². The van der Waals surface area contributed by atoms with E-state index in [1.54, 1.807) is 6.92 Å². The van der Waals surface area contributed by atoms with Crippen LogP contribution in [0.25, 0.3) is 0 Å². The van der Waals surface area contributed by atoms with Gasteiger partial charge in [-0.3, -0.25) is 4.79 Å². The number of nitrogens with zero attached hydrogens (tertiary/aromatic N) is 1. The number of anilines is 1. The van der Waals surface area contributed by atoms with Gasteiger partial charge in [0, 0.05) is 23.2 Å². The molecule has 0 bridgehead atoms. The zero-order chi connectivity index (χ0) is 15.8. The van der Waals surface area contributed by atoms with Gasteiger partial charge in [0.05, 0.1) is 7.11 Å². The maximum Gasteiger partial charge on any atom is 0.247 e. The third kappa shape index (κ3) is 2.85. The van der Waals surface area contributed by atoms with Crippen LogP contribution < -0.4 is 15.8 Å². The molecule has 116 valence electrons. The zero-order valence-electron chi connectivity index (χ0n) is 11.6. The summed E-state index contributed by atoms with van der Waals surface area (Å²) in [5, 5.41) is 2.63. The summed E-state index contributed by atoms with van der Waals surface area (Å²) in [6.07, 6.45) is 0. The summed E-state index contributed by atoms with van der Waals surface area (Å²) in [6, 6.07) is 2.05. The molecular weight excluding hydrogens is 362 g/mol. The number of methoxy groups -OCH3 is 1. The summed E-state index contributed by atoms with van der Waals surface area (Å²) in [4.78, 5) is 11.6. The summed E-state index contributed by atoms with van der Waals surface area (Å²) >= 11 is 3.23. The Kier molecular flexibility index (Phi) is 4.45. The van der Waals surface area contributed by atoms with E-state index in [1.165, 1.54) is 19.2 Å². The van der Waals surface area contributed by atoms with Gasteiger partial charge in [0.2, 0.25) is 15.9 Å². The van der Waals surface area contributed by atoms with Crippen molar-refractivity contribution in [3.05, 3.63) is 16.6 Å². The summed E-state index contributed by atoms with van der Waals surface area (Å²) in [7, 11) is -2.50. The fourth-order valence-corrected chi connectivity index (χ4v) is 4.22. The lowest BCUT2D eigenvalue weighted by molar-refractivity contribution is -0.126. The molecule has 0 radical (unpaired) electrons. The van der Waals surface area contributed by atoms with E-state index in [2.05, 4.69) is 21.2 Å². The lowest BCUT2D eigenvalue weighted by Crippen LogP contribution is -2.55. The van der Waals surface area contributed by atoms with Crippen molar-refractivity contribution in [2.45, 2.75) is 17.9 Å². The number of rotatable bonds is 3. The minimum absolute atomic E-state index is 0.0488. The predicted octanol–water partition coefficient (Wildman–Crippen LogP) is 0.549. The van der Waals surface area contributed by atoms with Gasteiger partial charge in [-0.2, -0.15) is 4.31 Å². The second-order valence-electron chi connectivity index (χ2n) is 4.61. The Morgan fingerprint density at radius 3 is 2.76 bits per heavy atom. The van der Waals surface area contributed by atoms with Crippen molar-refractivity contribution in [3.8, 4) is 5.75 Å². The number of ether oxygens (including phenoxy) is 1. The zero-order valence-corrected chi connectivity index (χ0v) is 14.0. The molecule has 9 heteroatoms. The molecule has 1 amide bonds. The van der Waals surface area contributed by atoms with Gasteiger partial charge < -0.3 is 15.8 Å². The monoisotopic (exact) mass is 377 g/mol. The summed E-state index contributed by atoms with van der Waals surface area (Å²) < 4.78 is 32.4. The van der Waals surface area contributed by atoms with E-state index in [0.717, 1.165) is 4.31 Å². The number of amides is 1. The van der Waals surface area contributed by atoms with Gasteiger partial charge in [0.15, 0.2) is 0 Å². The van der Waals surface area contributed by atoms with E-state index in [0.29, 0.717) is 4.47 Å². The van der Waals surface area contributed by atoms with E-state index < -0.39 is 16.1 Å². The van der Waals surface area contributed by atoms with Crippen molar-refractivity contribution < 1.29 is 17.9 Å². The van der Waals surface area contributed by atoms with Gasteiger partial charge in [-0.1, -0.05) is 0 Å². The molecule has 1 unspecified atom stereocenters. The van der Waals surface area contributed by atoms with Crippen LogP contribution in [-0.4, -0.2) is 44.9 Å². The van der Waals surface area contributed by atoms with Crippen LogP contribution in [0.15, 0.2) is 21.5 Å². The largest absolute Gasteiger partial charge is 0.495 e. The number of halogens is 1. The van der Waals surface area contributed by atoms with Crippen molar-refractivity contribution in [3.63, 3.8) is 0 Å². The van der Waals surface area contributed by atoms with Crippen molar-refractivity contribution in [1.29, 1.82) is 0 Å². The van der Waals surface area contributed by atoms with Crippen LogP contribution in [0.2, 0.25) is 0 Å². The molecular formula is C12H16BrN3O4S. The van der Waals surface area contributed by atoms with Crippen molar-refractivity contribution in [1.82, 2.24) is 9.62 Å².